The molecule has 0 radical (unpaired) electrons. The number of rotatable bonds is 3. The third-order valence-electron chi connectivity index (χ3n) is 3.52. The summed E-state index contributed by atoms with van der Waals surface area (Å²) in [5.41, 5.74) is 3.29. The van der Waals surface area contributed by atoms with E-state index in [1.54, 1.807) is 18.5 Å². The maximum absolute atomic E-state index is 10.3. The normalized spacial score (nSPS) is 19.7. The second kappa shape index (κ2) is 5.47. The maximum atomic E-state index is 10.3. The van der Waals surface area contributed by atoms with E-state index in [-0.39, 0.29) is 6.10 Å². The highest BCUT2D eigenvalue weighted by molar-refractivity contribution is 5.31. The Morgan fingerprint density at radius 1 is 1.26 bits per heavy atom. The molecule has 1 aromatic heterocycles. The van der Waals surface area contributed by atoms with E-state index in [4.69, 9.17) is 4.74 Å². The van der Waals surface area contributed by atoms with Crippen molar-refractivity contribution >= 4 is 0 Å². The van der Waals surface area contributed by atoms with Gasteiger partial charge in [0.15, 0.2) is 0 Å². The smallest absolute Gasteiger partial charge is 0.0855 e. The number of hydrogen-bond donors (Lipinski definition) is 1. The molecule has 0 spiro atoms. The van der Waals surface area contributed by atoms with Crippen LogP contribution in [0, 0.1) is 0 Å². The molecule has 19 heavy (non-hydrogen) atoms. The molecular weight excluding hydrogens is 240 g/mol. The van der Waals surface area contributed by atoms with Crippen LogP contribution in [0.15, 0.2) is 42.7 Å². The van der Waals surface area contributed by atoms with Crippen LogP contribution in [0.5, 0.6) is 0 Å². The van der Waals surface area contributed by atoms with Crippen LogP contribution in [0.3, 0.4) is 0 Å². The molecule has 0 saturated carbocycles. The van der Waals surface area contributed by atoms with E-state index in [9.17, 15) is 5.11 Å². The Bertz CT molecular complexity index is 545. The average molecular weight is 256 g/mol. The molecule has 2 unspecified atom stereocenters. The fourth-order valence-electron chi connectivity index (χ4n) is 2.51. The summed E-state index contributed by atoms with van der Waals surface area (Å²) < 4.78 is 5.80. The molecule has 0 fully saturated rings. The van der Waals surface area contributed by atoms with Gasteiger partial charge in [-0.25, -0.2) is 0 Å². The van der Waals surface area contributed by atoms with E-state index < -0.39 is 6.10 Å². The Labute approximate surface area is 112 Å². The lowest BCUT2D eigenvalue weighted by molar-refractivity contribution is 0.00367. The standard InChI is InChI=1S/C15H16N2O2/c18-14(12-5-7-16-17-10-12)9-15-13-4-2-1-3-11(13)6-8-19-15/h1-5,7,10,14-15,18H,6,8-9H2. The minimum Gasteiger partial charge on any atom is -0.388 e. The highest BCUT2D eigenvalue weighted by Gasteiger charge is 2.23. The van der Waals surface area contributed by atoms with Crippen LogP contribution in [0.2, 0.25) is 0 Å². The number of aliphatic hydroxyl groups excluding tert-OH is 1. The van der Waals surface area contributed by atoms with Crippen molar-refractivity contribution in [1.82, 2.24) is 10.2 Å². The topological polar surface area (TPSA) is 55.2 Å². The van der Waals surface area contributed by atoms with Crippen molar-refractivity contribution in [3.63, 3.8) is 0 Å². The Balaban J connectivity index is 1.78. The number of fused-ring (bicyclic) bond motifs is 1. The van der Waals surface area contributed by atoms with Gasteiger partial charge in [0.1, 0.15) is 0 Å². The van der Waals surface area contributed by atoms with Crippen molar-refractivity contribution in [3.8, 4) is 0 Å². The van der Waals surface area contributed by atoms with E-state index >= 15 is 0 Å². The van der Waals surface area contributed by atoms with Gasteiger partial charge in [0.25, 0.3) is 0 Å². The van der Waals surface area contributed by atoms with Crippen molar-refractivity contribution in [3.05, 3.63) is 59.4 Å². The first-order valence-corrected chi connectivity index (χ1v) is 6.48. The largest absolute Gasteiger partial charge is 0.388 e. The molecule has 1 N–H and O–H groups in total. The fourth-order valence-corrected chi connectivity index (χ4v) is 2.51. The number of aliphatic hydroxyl groups is 1. The van der Waals surface area contributed by atoms with Gasteiger partial charge in [0.2, 0.25) is 0 Å². The molecule has 4 heteroatoms. The zero-order chi connectivity index (χ0) is 13.1. The van der Waals surface area contributed by atoms with E-state index in [0.29, 0.717) is 13.0 Å². The van der Waals surface area contributed by atoms with Crippen molar-refractivity contribution < 1.29 is 9.84 Å². The summed E-state index contributed by atoms with van der Waals surface area (Å²) in [6.45, 7) is 0.711. The molecular formula is C15H16N2O2. The minimum atomic E-state index is -0.577. The van der Waals surface area contributed by atoms with Crippen LogP contribution in [0.4, 0.5) is 0 Å². The molecule has 2 heterocycles. The SMILES string of the molecule is OC(CC1OCCc2ccccc21)c1ccnnc1. The molecule has 2 atom stereocenters. The van der Waals surface area contributed by atoms with Crippen LogP contribution < -0.4 is 0 Å². The van der Waals surface area contributed by atoms with Crippen LogP contribution in [0.1, 0.15) is 35.3 Å². The third-order valence-corrected chi connectivity index (χ3v) is 3.52. The Hall–Kier alpha value is -1.78. The molecule has 0 saturated heterocycles. The van der Waals surface area contributed by atoms with Crippen molar-refractivity contribution in [2.24, 2.45) is 0 Å². The predicted molar refractivity (Wildman–Crippen MR) is 70.4 cm³/mol. The second-order valence-electron chi connectivity index (χ2n) is 4.74. The van der Waals surface area contributed by atoms with Crippen LogP contribution in [-0.2, 0) is 11.2 Å². The lowest BCUT2D eigenvalue weighted by Gasteiger charge is -2.27. The minimum absolute atomic E-state index is 0.0480. The summed E-state index contributed by atoms with van der Waals surface area (Å²) in [5, 5.41) is 17.8. The van der Waals surface area contributed by atoms with Crippen LogP contribution in [-0.4, -0.2) is 21.9 Å². The van der Waals surface area contributed by atoms with Gasteiger partial charge in [-0.1, -0.05) is 24.3 Å². The molecule has 0 aliphatic carbocycles. The molecule has 3 rings (SSSR count). The fraction of sp³-hybridized carbons (Fsp3) is 0.333. The molecule has 0 amide bonds. The van der Waals surface area contributed by atoms with Gasteiger partial charge < -0.3 is 9.84 Å². The highest BCUT2D eigenvalue weighted by atomic mass is 16.5. The molecule has 2 aromatic rings. The van der Waals surface area contributed by atoms with Crippen molar-refractivity contribution in [1.29, 1.82) is 0 Å². The van der Waals surface area contributed by atoms with E-state index in [2.05, 4.69) is 22.3 Å². The van der Waals surface area contributed by atoms with Gasteiger partial charge in [-0.05, 0) is 23.6 Å². The first-order chi connectivity index (χ1) is 9.34. The summed E-state index contributed by atoms with van der Waals surface area (Å²) in [6, 6.07) is 10.1. The summed E-state index contributed by atoms with van der Waals surface area (Å²) in [6.07, 6.45) is 4.05. The van der Waals surface area contributed by atoms with Crippen LogP contribution >= 0.6 is 0 Å². The molecule has 98 valence electrons. The van der Waals surface area contributed by atoms with Gasteiger partial charge >= 0.3 is 0 Å². The van der Waals surface area contributed by atoms with Crippen molar-refractivity contribution in [2.75, 3.05) is 6.61 Å². The van der Waals surface area contributed by atoms with E-state index in [0.717, 1.165) is 12.0 Å². The van der Waals surface area contributed by atoms with Crippen molar-refractivity contribution in [2.45, 2.75) is 25.0 Å². The molecule has 1 aliphatic heterocycles. The second-order valence-corrected chi connectivity index (χ2v) is 4.74. The van der Waals surface area contributed by atoms with E-state index in [1.165, 1.54) is 11.1 Å². The number of aromatic nitrogens is 2. The van der Waals surface area contributed by atoms with Gasteiger partial charge in [-0.2, -0.15) is 10.2 Å². The Morgan fingerprint density at radius 3 is 3.00 bits per heavy atom. The quantitative estimate of drug-likeness (QED) is 0.914. The summed E-state index contributed by atoms with van der Waals surface area (Å²) in [4.78, 5) is 0. The maximum Gasteiger partial charge on any atom is 0.0855 e. The number of hydrogen-bond acceptors (Lipinski definition) is 4. The lowest BCUT2D eigenvalue weighted by atomic mass is 9.93. The summed E-state index contributed by atoms with van der Waals surface area (Å²) in [7, 11) is 0. The van der Waals surface area contributed by atoms with E-state index in [1.807, 2.05) is 12.1 Å². The highest BCUT2D eigenvalue weighted by Crippen LogP contribution is 2.33. The first kappa shape index (κ1) is 12.3. The molecule has 1 aliphatic rings. The Morgan fingerprint density at radius 2 is 2.16 bits per heavy atom. The van der Waals surface area contributed by atoms with Gasteiger partial charge in [-0.15, -0.1) is 0 Å². The number of benzene rings is 1. The zero-order valence-corrected chi connectivity index (χ0v) is 10.6. The molecule has 0 bridgehead atoms. The summed E-state index contributed by atoms with van der Waals surface area (Å²) in [5.74, 6) is 0. The predicted octanol–water partition coefficient (Wildman–Crippen LogP) is 2.21. The lowest BCUT2D eigenvalue weighted by Crippen LogP contribution is -2.18. The van der Waals surface area contributed by atoms with Gasteiger partial charge in [-0.3, -0.25) is 0 Å². The van der Waals surface area contributed by atoms with Gasteiger partial charge in [0, 0.05) is 18.2 Å². The van der Waals surface area contributed by atoms with Crippen LogP contribution in [0.25, 0.3) is 0 Å². The average Bonchev–Trinajstić information content (AvgIpc) is 2.48. The van der Waals surface area contributed by atoms with Gasteiger partial charge in [0.05, 0.1) is 25.0 Å². The number of nitrogens with zero attached hydrogens (tertiary/aromatic N) is 2. The zero-order valence-electron chi connectivity index (χ0n) is 10.6. The molecule has 4 nitrogen and oxygen atoms in total. The Kier molecular flexibility index (Phi) is 3.53. The number of ether oxygens (including phenoxy) is 1. The summed E-state index contributed by atoms with van der Waals surface area (Å²) >= 11 is 0. The monoisotopic (exact) mass is 256 g/mol. The third kappa shape index (κ3) is 2.64. The molecule has 1 aromatic carbocycles. The first-order valence-electron chi connectivity index (χ1n) is 6.48.